The van der Waals surface area contributed by atoms with E-state index in [1.54, 1.807) is 13.0 Å². The number of rotatable bonds is 5. The van der Waals surface area contributed by atoms with E-state index in [-0.39, 0.29) is 5.97 Å². The monoisotopic (exact) mass is 168 g/mol. The van der Waals surface area contributed by atoms with Crippen LogP contribution in [0, 0.1) is 0 Å². The van der Waals surface area contributed by atoms with Gasteiger partial charge >= 0.3 is 5.97 Å². The number of hydrogen-bond donors (Lipinski definition) is 0. The molecule has 0 aliphatic carbocycles. The maximum atomic E-state index is 10.7. The largest absolute Gasteiger partial charge is 0.462 e. The average molecular weight is 168 g/mol. The first kappa shape index (κ1) is 11.0. The van der Waals surface area contributed by atoms with Gasteiger partial charge in [-0.3, -0.25) is 0 Å². The van der Waals surface area contributed by atoms with Crippen LogP contribution in [-0.2, 0) is 9.53 Å². The maximum Gasteiger partial charge on any atom is 0.330 e. The van der Waals surface area contributed by atoms with E-state index in [4.69, 9.17) is 4.74 Å². The summed E-state index contributed by atoms with van der Waals surface area (Å²) >= 11 is 0. The lowest BCUT2D eigenvalue weighted by Gasteiger charge is -1.96. The minimum Gasteiger partial charge on any atom is -0.462 e. The van der Waals surface area contributed by atoms with E-state index in [0.29, 0.717) is 6.61 Å². The molecule has 0 rings (SSSR count). The molecule has 0 heterocycles. The zero-order valence-corrected chi connectivity index (χ0v) is 7.75. The molecule has 0 amide bonds. The van der Waals surface area contributed by atoms with Crippen molar-refractivity contribution in [2.45, 2.75) is 26.7 Å². The van der Waals surface area contributed by atoms with Crippen LogP contribution in [0.15, 0.2) is 24.3 Å². The highest BCUT2D eigenvalue weighted by atomic mass is 16.5. The molecule has 0 fully saturated rings. The summed E-state index contributed by atoms with van der Waals surface area (Å²) in [7, 11) is 0. The molecule has 0 spiro atoms. The predicted octanol–water partition coefficient (Wildman–Crippen LogP) is 2.46. The molecule has 0 saturated heterocycles. The Bertz CT molecular complexity index is 169. The Morgan fingerprint density at radius 1 is 1.42 bits per heavy atom. The second kappa shape index (κ2) is 8.05. The van der Waals surface area contributed by atoms with Gasteiger partial charge in [0, 0.05) is 6.08 Å². The van der Waals surface area contributed by atoms with Crippen LogP contribution < -0.4 is 0 Å². The zero-order valence-electron chi connectivity index (χ0n) is 7.75. The highest BCUT2D eigenvalue weighted by Crippen LogP contribution is 1.89. The van der Waals surface area contributed by atoms with Crippen molar-refractivity contribution >= 4 is 5.97 Å². The number of allylic oxidation sites excluding steroid dienone is 2. The first-order valence-corrected chi connectivity index (χ1v) is 4.25. The molecule has 2 nitrogen and oxygen atoms in total. The van der Waals surface area contributed by atoms with Crippen molar-refractivity contribution in [1.29, 1.82) is 0 Å². The van der Waals surface area contributed by atoms with Gasteiger partial charge in [-0.25, -0.2) is 4.79 Å². The minimum absolute atomic E-state index is 0.262. The lowest BCUT2D eigenvalue weighted by atomic mass is 10.3. The summed E-state index contributed by atoms with van der Waals surface area (Å²) in [5.41, 5.74) is 0. The summed E-state index contributed by atoms with van der Waals surface area (Å²) in [6.45, 7) is 4.33. The van der Waals surface area contributed by atoms with Gasteiger partial charge in [0.1, 0.15) is 0 Å². The number of ether oxygens (including phenoxy) is 1. The first-order chi connectivity index (χ1) is 5.81. The van der Waals surface area contributed by atoms with Gasteiger partial charge in [-0.2, -0.15) is 0 Å². The van der Waals surface area contributed by atoms with Crippen molar-refractivity contribution in [3.8, 4) is 0 Å². The molecule has 0 aromatic carbocycles. The van der Waals surface area contributed by atoms with Gasteiger partial charge in [-0.1, -0.05) is 25.2 Å². The van der Waals surface area contributed by atoms with Gasteiger partial charge in [0.15, 0.2) is 0 Å². The van der Waals surface area contributed by atoms with Crippen LogP contribution >= 0.6 is 0 Å². The second-order valence-corrected chi connectivity index (χ2v) is 2.34. The molecule has 0 aromatic rings. The molecule has 0 saturated carbocycles. The highest BCUT2D eigenvalue weighted by molar-refractivity contribution is 5.81. The Balaban J connectivity index is 3.31. The third-order valence-electron chi connectivity index (χ3n) is 1.23. The molecular weight excluding hydrogens is 152 g/mol. The van der Waals surface area contributed by atoms with Crippen LogP contribution in [-0.4, -0.2) is 12.6 Å². The van der Waals surface area contributed by atoms with Crippen molar-refractivity contribution in [2.24, 2.45) is 0 Å². The fourth-order valence-electron chi connectivity index (χ4n) is 0.696. The zero-order chi connectivity index (χ0) is 9.23. The van der Waals surface area contributed by atoms with E-state index in [1.807, 2.05) is 6.08 Å². The number of carbonyl (C=O) groups excluding carboxylic acids is 1. The second-order valence-electron chi connectivity index (χ2n) is 2.34. The third kappa shape index (κ3) is 7.06. The van der Waals surface area contributed by atoms with Crippen molar-refractivity contribution in [1.82, 2.24) is 0 Å². The van der Waals surface area contributed by atoms with Gasteiger partial charge in [0.2, 0.25) is 0 Å². The van der Waals surface area contributed by atoms with Crippen molar-refractivity contribution < 1.29 is 9.53 Å². The van der Waals surface area contributed by atoms with E-state index in [0.717, 1.165) is 12.8 Å². The van der Waals surface area contributed by atoms with Crippen molar-refractivity contribution in [2.75, 3.05) is 6.61 Å². The SMILES string of the molecule is C/C=C\C(=O)OCC/C=C\CC. The fraction of sp³-hybridized carbons (Fsp3) is 0.500. The normalized spacial score (nSPS) is 11.2. The van der Waals surface area contributed by atoms with Crippen LogP contribution in [0.1, 0.15) is 26.7 Å². The Kier molecular flexibility index (Phi) is 7.35. The summed E-state index contributed by atoms with van der Waals surface area (Å²) in [4.78, 5) is 10.7. The van der Waals surface area contributed by atoms with Crippen LogP contribution in [0.25, 0.3) is 0 Å². The average Bonchev–Trinajstić information content (AvgIpc) is 2.05. The summed E-state index contributed by atoms with van der Waals surface area (Å²) in [6.07, 6.45) is 9.00. The molecule has 0 atom stereocenters. The number of hydrogen-bond acceptors (Lipinski definition) is 2. The van der Waals surface area contributed by atoms with E-state index in [9.17, 15) is 4.79 Å². The molecule has 0 radical (unpaired) electrons. The third-order valence-corrected chi connectivity index (χ3v) is 1.23. The topological polar surface area (TPSA) is 26.3 Å². The lowest BCUT2D eigenvalue weighted by molar-refractivity contribution is -0.137. The van der Waals surface area contributed by atoms with Crippen LogP contribution in [0.3, 0.4) is 0 Å². The van der Waals surface area contributed by atoms with Gasteiger partial charge < -0.3 is 4.74 Å². The Morgan fingerprint density at radius 2 is 2.17 bits per heavy atom. The fourth-order valence-corrected chi connectivity index (χ4v) is 0.696. The predicted molar refractivity (Wildman–Crippen MR) is 49.8 cm³/mol. The molecule has 12 heavy (non-hydrogen) atoms. The van der Waals surface area contributed by atoms with Crippen LogP contribution in [0.5, 0.6) is 0 Å². The van der Waals surface area contributed by atoms with E-state index < -0.39 is 0 Å². The van der Waals surface area contributed by atoms with Gasteiger partial charge in [-0.15, -0.1) is 0 Å². The standard InChI is InChI=1S/C10H16O2/c1-3-5-6-7-9-12-10(11)8-4-2/h4-6,8H,3,7,9H2,1-2H3/b6-5-,8-4-. The van der Waals surface area contributed by atoms with Crippen molar-refractivity contribution in [3.63, 3.8) is 0 Å². The Morgan fingerprint density at radius 3 is 2.75 bits per heavy atom. The molecule has 0 N–H and O–H groups in total. The first-order valence-electron chi connectivity index (χ1n) is 4.25. The maximum absolute atomic E-state index is 10.7. The lowest BCUT2D eigenvalue weighted by Crippen LogP contribution is -2.00. The van der Waals surface area contributed by atoms with Crippen LogP contribution in [0.2, 0.25) is 0 Å². The smallest absolute Gasteiger partial charge is 0.330 e. The number of carbonyl (C=O) groups is 1. The highest BCUT2D eigenvalue weighted by Gasteiger charge is 1.92. The summed E-state index contributed by atoms with van der Waals surface area (Å²) < 4.78 is 4.85. The van der Waals surface area contributed by atoms with E-state index >= 15 is 0 Å². The molecule has 68 valence electrons. The van der Waals surface area contributed by atoms with E-state index in [2.05, 4.69) is 13.0 Å². The number of esters is 1. The minimum atomic E-state index is -0.262. The quantitative estimate of drug-likeness (QED) is 0.273. The Hall–Kier alpha value is -1.05. The Labute approximate surface area is 73.9 Å². The summed E-state index contributed by atoms with van der Waals surface area (Å²) in [6, 6.07) is 0. The summed E-state index contributed by atoms with van der Waals surface area (Å²) in [5.74, 6) is -0.262. The molecule has 0 bridgehead atoms. The van der Waals surface area contributed by atoms with Gasteiger partial charge in [0.05, 0.1) is 6.61 Å². The van der Waals surface area contributed by atoms with Crippen LogP contribution in [0.4, 0.5) is 0 Å². The molecule has 0 aromatic heterocycles. The molecule has 0 unspecified atom stereocenters. The van der Waals surface area contributed by atoms with E-state index in [1.165, 1.54) is 6.08 Å². The molecule has 2 heteroatoms. The molecular formula is C10H16O2. The molecule has 0 aliphatic rings. The van der Waals surface area contributed by atoms with Gasteiger partial charge in [-0.05, 0) is 19.8 Å². The molecule has 0 aliphatic heterocycles. The van der Waals surface area contributed by atoms with Gasteiger partial charge in [0.25, 0.3) is 0 Å². The van der Waals surface area contributed by atoms with Crippen molar-refractivity contribution in [3.05, 3.63) is 24.3 Å². The summed E-state index contributed by atoms with van der Waals surface area (Å²) in [5, 5.41) is 0.